The molecule has 18 heavy (non-hydrogen) atoms. The summed E-state index contributed by atoms with van der Waals surface area (Å²) in [5.74, 6) is 0.113. The van der Waals surface area contributed by atoms with E-state index < -0.39 is 0 Å². The minimum absolute atomic E-state index is 0.00695. The molecule has 0 saturated heterocycles. The highest BCUT2D eigenvalue weighted by atomic mass is 19.1. The lowest BCUT2D eigenvalue weighted by molar-refractivity contribution is 0.288. The number of hydrogen-bond acceptors (Lipinski definition) is 2. The number of nitrogens with one attached hydrogen (secondary N) is 1. The number of para-hydroxylation sites is 1. The summed E-state index contributed by atoms with van der Waals surface area (Å²) in [5.41, 5.74) is 0.883. The van der Waals surface area contributed by atoms with Crippen molar-refractivity contribution in [1.29, 1.82) is 0 Å². The van der Waals surface area contributed by atoms with Gasteiger partial charge in [-0.3, -0.25) is 0 Å². The van der Waals surface area contributed by atoms with Gasteiger partial charge in [-0.15, -0.1) is 0 Å². The number of halogens is 1. The quantitative estimate of drug-likeness (QED) is 0.776. The van der Waals surface area contributed by atoms with Crippen molar-refractivity contribution < 1.29 is 9.13 Å². The molecule has 0 unspecified atom stereocenters. The Bertz CT molecular complexity index is 371. The Morgan fingerprint density at radius 1 is 1.28 bits per heavy atom. The SMILES string of the molecule is CCCCOc1c(F)cccc1CNC(C)(C)C. The second-order valence-corrected chi connectivity index (χ2v) is 5.53. The number of benzene rings is 1. The minimum Gasteiger partial charge on any atom is -0.490 e. The third kappa shape index (κ3) is 5.05. The fourth-order valence-electron chi connectivity index (χ4n) is 1.53. The van der Waals surface area contributed by atoms with Gasteiger partial charge >= 0.3 is 0 Å². The first-order chi connectivity index (χ1) is 8.44. The minimum atomic E-state index is -0.278. The number of rotatable bonds is 6. The van der Waals surface area contributed by atoms with Crippen LogP contribution in [0.25, 0.3) is 0 Å². The van der Waals surface area contributed by atoms with Gasteiger partial charge in [0.15, 0.2) is 11.6 Å². The molecule has 0 aromatic heterocycles. The summed E-state index contributed by atoms with van der Waals surface area (Å²) in [7, 11) is 0. The highest BCUT2D eigenvalue weighted by Crippen LogP contribution is 2.23. The Morgan fingerprint density at radius 3 is 2.61 bits per heavy atom. The van der Waals surface area contributed by atoms with Gasteiger partial charge in [-0.2, -0.15) is 0 Å². The largest absolute Gasteiger partial charge is 0.490 e. The van der Waals surface area contributed by atoms with E-state index in [2.05, 4.69) is 33.0 Å². The summed E-state index contributed by atoms with van der Waals surface area (Å²) in [6.45, 7) is 9.53. The summed E-state index contributed by atoms with van der Waals surface area (Å²) in [5, 5.41) is 3.35. The Balaban J connectivity index is 2.73. The average molecular weight is 253 g/mol. The summed E-state index contributed by atoms with van der Waals surface area (Å²) in [6, 6.07) is 5.08. The Hall–Kier alpha value is -1.09. The topological polar surface area (TPSA) is 21.3 Å². The van der Waals surface area contributed by atoms with Crippen LogP contribution in [-0.4, -0.2) is 12.1 Å². The highest BCUT2D eigenvalue weighted by molar-refractivity contribution is 5.35. The van der Waals surface area contributed by atoms with Gasteiger partial charge in [0.1, 0.15) is 0 Å². The van der Waals surface area contributed by atoms with E-state index in [1.807, 2.05) is 6.07 Å². The Morgan fingerprint density at radius 2 is 2.00 bits per heavy atom. The molecule has 0 aliphatic rings. The lowest BCUT2D eigenvalue weighted by Crippen LogP contribution is -2.35. The van der Waals surface area contributed by atoms with Crippen LogP contribution >= 0.6 is 0 Å². The number of hydrogen-bond donors (Lipinski definition) is 1. The van der Waals surface area contributed by atoms with E-state index in [1.54, 1.807) is 6.07 Å². The molecule has 1 rings (SSSR count). The summed E-state index contributed by atoms with van der Waals surface area (Å²) in [6.07, 6.45) is 1.99. The van der Waals surface area contributed by atoms with Gasteiger partial charge in [0.25, 0.3) is 0 Å². The predicted molar refractivity (Wildman–Crippen MR) is 73.4 cm³/mol. The number of unbranched alkanes of at least 4 members (excludes halogenated alkanes) is 1. The normalized spacial score (nSPS) is 11.6. The standard InChI is InChI=1S/C15H24FNO/c1-5-6-10-18-14-12(8-7-9-13(14)16)11-17-15(2,3)4/h7-9,17H,5-6,10-11H2,1-4H3. The monoisotopic (exact) mass is 253 g/mol. The van der Waals surface area contributed by atoms with E-state index in [4.69, 9.17) is 4.74 Å². The molecule has 1 aromatic rings. The lowest BCUT2D eigenvalue weighted by Gasteiger charge is -2.21. The molecule has 0 saturated carbocycles. The van der Waals surface area contributed by atoms with Crippen LogP contribution in [0, 0.1) is 5.82 Å². The van der Waals surface area contributed by atoms with Crippen molar-refractivity contribution in [2.75, 3.05) is 6.61 Å². The maximum Gasteiger partial charge on any atom is 0.165 e. The lowest BCUT2D eigenvalue weighted by atomic mass is 10.1. The molecule has 0 heterocycles. The smallest absolute Gasteiger partial charge is 0.165 e. The van der Waals surface area contributed by atoms with Crippen molar-refractivity contribution in [3.05, 3.63) is 29.6 Å². The van der Waals surface area contributed by atoms with Crippen LogP contribution in [0.2, 0.25) is 0 Å². The molecule has 102 valence electrons. The summed E-state index contributed by atoms with van der Waals surface area (Å²) in [4.78, 5) is 0. The fraction of sp³-hybridized carbons (Fsp3) is 0.600. The van der Waals surface area contributed by atoms with Crippen LogP contribution in [0.1, 0.15) is 46.1 Å². The van der Waals surface area contributed by atoms with Crippen molar-refractivity contribution in [3.63, 3.8) is 0 Å². The van der Waals surface area contributed by atoms with Gasteiger partial charge < -0.3 is 10.1 Å². The molecule has 0 bridgehead atoms. The Labute approximate surface area is 110 Å². The van der Waals surface area contributed by atoms with Gasteiger partial charge in [0.05, 0.1) is 6.61 Å². The molecule has 0 fully saturated rings. The van der Waals surface area contributed by atoms with Crippen molar-refractivity contribution >= 4 is 0 Å². The average Bonchev–Trinajstić information content (AvgIpc) is 2.28. The molecule has 0 spiro atoms. The van der Waals surface area contributed by atoms with E-state index in [-0.39, 0.29) is 11.4 Å². The molecule has 2 nitrogen and oxygen atoms in total. The molecule has 0 atom stereocenters. The number of ether oxygens (including phenoxy) is 1. The zero-order valence-electron chi connectivity index (χ0n) is 11.8. The van der Waals surface area contributed by atoms with Gasteiger partial charge in [-0.25, -0.2) is 4.39 Å². The van der Waals surface area contributed by atoms with Crippen molar-refractivity contribution in [2.24, 2.45) is 0 Å². The second-order valence-electron chi connectivity index (χ2n) is 5.53. The molecular weight excluding hydrogens is 229 g/mol. The summed E-state index contributed by atoms with van der Waals surface area (Å²) < 4.78 is 19.3. The highest BCUT2D eigenvalue weighted by Gasteiger charge is 2.13. The third-order valence-electron chi connectivity index (χ3n) is 2.60. The predicted octanol–water partition coefficient (Wildman–Crippen LogP) is 3.89. The van der Waals surface area contributed by atoms with Crippen molar-refractivity contribution in [1.82, 2.24) is 5.32 Å². The van der Waals surface area contributed by atoms with Crippen molar-refractivity contribution in [2.45, 2.75) is 52.6 Å². The van der Waals surface area contributed by atoms with E-state index >= 15 is 0 Å². The maximum absolute atomic E-state index is 13.7. The van der Waals surface area contributed by atoms with Gasteiger partial charge in [0, 0.05) is 17.6 Å². The molecule has 0 radical (unpaired) electrons. The van der Waals surface area contributed by atoms with Crippen LogP contribution in [0.15, 0.2) is 18.2 Å². The fourth-order valence-corrected chi connectivity index (χ4v) is 1.53. The maximum atomic E-state index is 13.7. The molecule has 1 N–H and O–H groups in total. The van der Waals surface area contributed by atoms with Crippen LogP contribution in [-0.2, 0) is 6.54 Å². The molecule has 0 aliphatic heterocycles. The van der Waals surface area contributed by atoms with Crippen LogP contribution < -0.4 is 10.1 Å². The van der Waals surface area contributed by atoms with E-state index in [0.717, 1.165) is 18.4 Å². The van der Waals surface area contributed by atoms with E-state index in [0.29, 0.717) is 18.9 Å². The molecular formula is C15H24FNO. The first kappa shape index (κ1) is 15.0. The van der Waals surface area contributed by atoms with Crippen LogP contribution in [0.3, 0.4) is 0 Å². The Kier molecular flexibility index (Phi) is 5.60. The van der Waals surface area contributed by atoms with Gasteiger partial charge in [0.2, 0.25) is 0 Å². The van der Waals surface area contributed by atoms with Crippen LogP contribution in [0.5, 0.6) is 5.75 Å². The first-order valence-electron chi connectivity index (χ1n) is 6.59. The van der Waals surface area contributed by atoms with Gasteiger partial charge in [-0.1, -0.05) is 25.5 Å². The van der Waals surface area contributed by atoms with Crippen LogP contribution in [0.4, 0.5) is 4.39 Å². The van der Waals surface area contributed by atoms with Crippen molar-refractivity contribution in [3.8, 4) is 5.75 Å². The zero-order valence-corrected chi connectivity index (χ0v) is 11.8. The van der Waals surface area contributed by atoms with Gasteiger partial charge in [-0.05, 0) is 33.3 Å². The third-order valence-corrected chi connectivity index (χ3v) is 2.60. The van der Waals surface area contributed by atoms with E-state index in [1.165, 1.54) is 6.07 Å². The van der Waals surface area contributed by atoms with E-state index in [9.17, 15) is 4.39 Å². The molecule has 1 aromatic carbocycles. The second kappa shape index (κ2) is 6.74. The summed E-state index contributed by atoms with van der Waals surface area (Å²) >= 11 is 0. The molecule has 0 aliphatic carbocycles. The first-order valence-corrected chi connectivity index (χ1v) is 6.59. The molecule has 3 heteroatoms. The zero-order chi connectivity index (χ0) is 13.6. The molecule has 0 amide bonds.